The highest BCUT2D eigenvalue weighted by Crippen LogP contribution is 2.16. The number of pyridine rings is 1. The van der Waals surface area contributed by atoms with Gasteiger partial charge in [-0.05, 0) is 18.6 Å². The molecule has 0 aromatic carbocycles. The van der Waals surface area contributed by atoms with Gasteiger partial charge in [0.2, 0.25) is 0 Å². The summed E-state index contributed by atoms with van der Waals surface area (Å²) in [6.07, 6.45) is 2.19. The Kier molecular flexibility index (Phi) is 4.92. The summed E-state index contributed by atoms with van der Waals surface area (Å²) < 4.78 is 1.84. The van der Waals surface area contributed by atoms with Crippen LogP contribution < -0.4 is 10.6 Å². The Balaban J connectivity index is 1.97. The Morgan fingerprint density at radius 1 is 1.32 bits per heavy atom. The highest BCUT2D eigenvalue weighted by atomic mass is 16.4. The average Bonchev–Trinajstić information content (AvgIpc) is 2.86. The van der Waals surface area contributed by atoms with Crippen LogP contribution in [0.5, 0.6) is 0 Å². The third-order valence-corrected chi connectivity index (χ3v) is 3.06. The van der Waals surface area contributed by atoms with E-state index in [1.807, 2.05) is 18.2 Å². The third-order valence-electron chi connectivity index (χ3n) is 3.06. The molecule has 2 aromatic heterocycles. The quantitative estimate of drug-likeness (QED) is 0.706. The molecule has 3 N–H and O–H groups in total. The molecule has 0 saturated heterocycles. The van der Waals surface area contributed by atoms with Crippen molar-refractivity contribution >= 4 is 23.3 Å². The summed E-state index contributed by atoms with van der Waals surface area (Å²) in [5, 5.41) is 22.0. The van der Waals surface area contributed by atoms with Crippen molar-refractivity contribution in [3.8, 4) is 0 Å². The number of nitrogens with one attached hydrogen (secondary N) is 2. The van der Waals surface area contributed by atoms with Gasteiger partial charge < -0.3 is 15.7 Å². The fourth-order valence-electron chi connectivity index (χ4n) is 1.99. The van der Waals surface area contributed by atoms with Crippen LogP contribution in [0.15, 0.2) is 18.3 Å². The van der Waals surface area contributed by atoms with Crippen LogP contribution in [0, 0.1) is 0 Å². The zero-order valence-electron chi connectivity index (χ0n) is 12.5. The van der Waals surface area contributed by atoms with E-state index in [0.29, 0.717) is 18.7 Å². The Labute approximate surface area is 127 Å². The van der Waals surface area contributed by atoms with E-state index in [9.17, 15) is 9.59 Å². The van der Waals surface area contributed by atoms with Gasteiger partial charge in [-0.2, -0.15) is 0 Å². The number of aliphatic carboxylic acids is 1. The molecular formula is C14H19N5O3. The van der Waals surface area contributed by atoms with E-state index in [1.165, 1.54) is 0 Å². The van der Waals surface area contributed by atoms with Crippen molar-refractivity contribution in [3.05, 3.63) is 24.2 Å². The van der Waals surface area contributed by atoms with Crippen LogP contribution in [0.3, 0.4) is 0 Å². The first-order chi connectivity index (χ1) is 10.5. The van der Waals surface area contributed by atoms with E-state index in [0.717, 1.165) is 11.5 Å². The number of rotatable bonds is 6. The number of anilines is 1. The Morgan fingerprint density at radius 2 is 2.09 bits per heavy atom. The highest BCUT2D eigenvalue weighted by molar-refractivity contribution is 5.89. The number of carboxylic acid groups (broad SMARTS) is 1. The van der Waals surface area contributed by atoms with Gasteiger partial charge in [0.25, 0.3) is 0 Å². The molecule has 0 aliphatic carbocycles. The van der Waals surface area contributed by atoms with Crippen molar-refractivity contribution in [2.75, 3.05) is 11.9 Å². The SMILES string of the molecule is CC(C)c1nnc2ccc(NC(=O)NCCCC(=O)O)cn12. The maximum atomic E-state index is 11.7. The molecule has 0 bridgehead atoms. The number of carbonyl (C=O) groups excluding carboxylic acids is 1. The van der Waals surface area contributed by atoms with Crippen LogP contribution in [0.2, 0.25) is 0 Å². The molecule has 0 unspecified atom stereocenters. The Bertz CT molecular complexity index is 680. The minimum Gasteiger partial charge on any atom is -0.481 e. The zero-order chi connectivity index (χ0) is 16.1. The summed E-state index contributed by atoms with van der Waals surface area (Å²) in [6, 6.07) is 3.15. The molecule has 0 aliphatic heterocycles. The summed E-state index contributed by atoms with van der Waals surface area (Å²) >= 11 is 0. The lowest BCUT2D eigenvalue weighted by atomic mass is 10.2. The largest absolute Gasteiger partial charge is 0.481 e. The summed E-state index contributed by atoms with van der Waals surface area (Å²) in [5.74, 6) is 0.164. The Morgan fingerprint density at radius 3 is 2.77 bits per heavy atom. The highest BCUT2D eigenvalue weighted by Gasteiger charge is 2.10. The molecule has 0 spiro atoms. The molecule has 8 heteroatoms. The van der Waals surface area contributed by atoms with Crippen LogP contribution in [0.25, 0.3) is 5.65 Å². The van der Waals surface area contributed by atoms with Gasteiger partial charge in [0.15, 0.2) is 5.65 Å². The molecule has 22 heavy (non-hydrogen) atoms. The van der Waals surface area contributed by atoms with Gasteiger partial charge in [0.05, 0.1) is 5.69 Å². The number of nitrogens with zero attached hydrogens (tertiary/aromatic N) is 3. The minimum atomic E-state index is -0.874. The van der Waals surface area contributed by atoms with Crippen molar-refractivity contribution < 1.29 is 14.7 Å². The molecule has 2 aromatic rings. The molecular weight excluding hydrogens is 286 g/mol. The first kappa shape index (κ1) is 15.7. The second-order valence-electron chi connectivity index (χ2n) is 5.24. The normalized spacial score (nSPS) is 10.9. The number of carbonyl (C=O) groups is 2. The minimum absolute atomic E-state index is 0.0324. The monoisotopic (exact) mass is 305 g/mol. The first-order valence-corrected chi connectivity index (χ1v) is 7.08. The van der Waals surface area contributed by atoms with Crippen molar-refractivity contribution in [3.63, 3.8) is 0 Å². The third kappa shape index (κ3) is 3.94. The van der Waals surface area contributed by atoms with Crippen LogP contribution in [0.1, 0.15) is 38.4 Å². The van der Waals surface area contributed by atoms with Gasteiger partial charge in [-0.15, -0.1) is 10.2 Å². The molecule has 2 heterocycles. The van der Waals surface area contributed by atoms with Gasteiger partial charge in [0, 0.05) is 25.1 Å². The molecule has 2 amide bonds. The van der Waals surface area contributed by atoms with Crippen molar-refractivity contribution in [2.24, 2.45) is 0 Å². The Hall–Kier alpha value is -2.64. The zero-order valence-corrected chi connectivity index (χ0v) is 12.5. The van der Waals surface area contributed by atoms with Gasteiger partial charge in [-0.25, -0.2) is 4.79 Å². The average molecular weight is 305 g/mol. The summed E-state index contributed by atoms with van der Waals surface area (Å²) in [4.78, 5) is 22.1. The maximum absolute atomic E-state index is 11.7. The van der Waals surface area contributed by atoms with Gasteiger partial charge >= 0.3 is 12.0 Å². The summed E-state index contributed by atoms with van der Waals surface area (Å²) in [5.41, 5.74) is 1.33. The van der Waals surface area contributed by atoms with Crippen LogP contribution in [0.4, 0.5) is 10.5 Å². The number of urea groups is 1. The standard InChI is InChI=1S/C14H19N5O3/c1-9(2)13-18-17-11-6-5-10(8-19(11)13)16-14(22)15-7-3-4-12(20)21/h5-6,8-9H,3-4,7H2,1-2H3,(H,20,21)(H2,15,16,22). The fourth-order valence-corrected chi connectivity index (χ4v) is 1.99. The summed E-state index contributed by atoms with van der Waals surface area (Å²) in [6.45, 7) is 4.35. The molecule has 0 atom stereocenters. The van der Waals surface area contributed by atoms with E-state index in [1.54, 1.807) is 18.3 Å². The van der Waals surface area contributed by atoms with Crippen LogP contribution >= 0.6 is 0 Å². The molecule has 0 saturated carbocycles. The number of aromatic nitrogens is 3. The van der Waals surface area contributed by atoms with Gasteiger partial charge in [0.1, 0.15) is 5.82 Å². The van der Waals surface area contributed by atoms with Crippen molar-refractivity contribution in [2.45, 2.75) is 32.6 Å². The molecule has 8 nitrogen and oxygen atoms in total. The predicted molar refractivity (Wildman–Crippen MR) is 81.0 cm³/mol. The lowest BCUT2D eigenvalue weighted by molar-refractivity contribution is -0.137. The van der Waals surface area contributed by atoms with Crippen molar-refractivity contribution in [1.82, 2.24) is 19.9 Å². The molecule has 118 valence electrons. The van der Waals surface area contributed by atoms with E-state index in [4.69, 9.17) is 5.11 Å². The van der Waals surface area contributed by atoms with E-state index in [-0.39, 0.29) is 18.4 Å². The predicted octanol–water partition coefficient (Wildman–Crippen LogP) is 1.84. The smallest absolute Gasteiger partial charge is 0.319 e. The lowest BCUT2D eigenvalue weighted by Crippen LogP contribution is -2.29. The first-order valence-electron chi connectivity index (χ1n) is 7.08. The fraction of sp³-hybridized carbons (Fsp3) is 0.429. The van der Waals surface area contributed by atoms with E-state index in [2.05, 4.69) is 20.8 Å². The second kappa shape index (κ2) is 6.88. The van der Waals surface area contributed by atoms with Gasteiger partial charge in [-0.3, -0.25) is 9.20 Å². The van der Waals surface area contributed by atoms with Crippen molar-refractivity contribution in [1.29, 1.82) is 0 Å². The molecule has 0 aliphatic rings. The van der Waals surface area contributed by atoms with E-state index >= 15 is 0 Å². The summed E-state index contributed by atoms with van der Waals surface area (Å²) in [7, 11) is 0. The van der Waals surface area contributed by atoms with Crippen LogP contribution in [-0.2, 0) is 4.79 Å². The molecule has 0 radical (unpaired) electrons. The van der Waals surface area contributed by atoms with Crippen LogP contribution in [-0.4, -0.2) is 38.2 Å². The number of fused-ring (bicyclic) bond motifs is 1. The number of hydrogen-bond donors (Lipinski definition) is 3. The maximum Gasteiger partial charge on any atom is 0.319 e. The molecule has 0 fully saturated rings. The lowest BCUT2D eigenvalue weighted by Gasteiger charge is -2.08. The number of amides is 2. The second-order valence-corrected chi connectivity index (χ2v) is 5.24. The molecule has 2 rings (SSSR count). The van der Waals surface area contributed by atoms with Gasteiger partial charge in [-0.1, -0.05) is 13.8 Å². The number of hydrogen-bond acceptors (Lipinski definition) is 4. The van der Waals surface area contributed by atoms with E-state index < -0.39 is 5.97 Å². The topological polar surface area (TPSA) is 109 Å². The number of carboxylic acids is 1.